The highest BCUT2D eigenvalue weighted by molar-refractivity contribution is 5.98. The molecule has 0 aliphatic rings. The lowest BCUT2D eigenvalue weighted by molar-refractivity contribution is 0.101. The van der Waals surface area contributed by atoms with Crippen molar-refractivity contribution in [1.29, 1.82) is 0 Å². The van der Waals surface area contributed by atoms with Crippen LogP contribution in [0.4, 0.5) is 0 Å². The zero-order valence-corrected chi connectivity index (χ0v) is 14.0. The maximum atomic E-state index is 11.6. The van der Waals surface area contributed by atoms with E-state index in [1.165, 1.54) is 19.3 Å². The summed E-state index contributed by atoms with van der Waals surface area (Å²) < 4.78 is 5.82. The van der Waals surface area contributed by atoms with E-state index in [1.807, 2.05) is 39.0 Å². The third kappa shape index (κ3) is 6.23. The van der Waals surface area contributed by atoms with Gasteiger partial charge in [-0.2, -0.15) is 0 Å². The molecule has 0 saturated carbocycles. The summed E-state index contributed by atoms with van der Waals surface area (Å²) in [4.78, 5) is 11.6. The molecule has 20 heavy (non-hydrogen) atoms. The van der Waals surface area contributed by atoms with E-state index in [4.69, 9.17) is 4.74 Å². The molecule has 1 atom stereocenters. The fourth-order valence-electron chi connectivity index (χ4n) is 2.08. The van der Waals surface area contributed by atoms with Crippen LogP contribution in [0, 0.1) is 12.8 Å². The van der Waals surface area contributed by atoms with Crippen LogP contribution < -0.4 is 4.74 Å². The Hall–Kier alpha value is -1.31. The minimum absolute atomic E-state index is 0.0734. The van der Waals surface area contributed by atoms with Crippen LogP contribution in [0.15, 0.2) is 18.2 Å². The van der Waals surface area contributed by atoms with Crippen LogP contribution in [0.5, 0.6) is 5.75 Å². The summed E-state index contributed by atoms with van der Waals surface area (Å²) in [6.07, 6.45) is 3.63. The Morgan fingerprint density at radius 2 is 1.95 bits per heavy atom. The summed E-state index contributed by atoms with van der Waals surface area (Å²) in [5.41, 5.74) is 1.71. The molecule has 0 amide bonds. The van der Waals surface area contributed by atoms with Gasteiger partial charge in [0.25, 0.3) is 0 Å². The molecular weight excluding hydrogens is 248 g/mol. The Labute approximate surface area is 124 Å². The molecule has 114 valence electrons. The second-order valence-corrected chi connectivity index (χ2v) is 5.06. The molecule has 0 heterocycles. The zero-order chi connectivity index (χ0) is 15.5. The van der Waals surface area contributed by atoms with Gasteiger partial charge in [-0.1, -0.05) is 52.7 Å². The summed E-state index contributed by atoms with van der Waals surface area (Å²) in [5.74, 6) is 1.33. The summed E-state index contributed by atoms with van der Waals surface area (Å²) in [6, 6.07) is 5.77. The quantitative estimate of drug-likeness (QED) is 0.622. The van der Waals surface area contributed by atoms with Gasteiger partial charge in [-0.3, -0.25) is 4.79 Å². The molecule has 0 fully saturated rings. The Balaban J connectivity index is 0.00000172. The van der Waals surface area contributed by atoms with Crippen molar-refractivity contribution in [1.82, 2.24) is 0 Å². The second kappa shape index (κ2) is 10.5. The number of hydrogen-bond donors (Lipinski definition) is 0. The summed E-state index contributed by atoms with van der Waals surface area (Å²) >= 11 is 0. The van der Waals surface area contributed by atoms with E-state index in [0.29, 0.717) is 12.5 Å². The average molecular weight is 278 g/mol. The first kappa shape index (κ1) is 18.7. The van der Waals surface area contributed by atoms with E-state index in [1.54, 1.807) is 6.92 Å². The zero-order valence-electron chi connectivity index (χ0n) is 14.0. The monoisotopic (exact) mass is 278 g/mol. The van der Waals surface area contributed by atoms with Crippen LogP contribution in [0.1, 0.15) is 69.8 Å². The third-order valence-corrected chi connectivity index (χ3v) is 3.16. The molecule has 0 aliphatic heterocycles. The molecule has 0 bridgehead atoms. The lowest BCUT2D eigenvalue weighted by Gasteiger charge is -2.15. The van der Waals surface area contributed by atoms with E-state index >= 15 is 0 Å². The molecule has 0 aliphatic carbocycles. The molecule has 1 aromatic carbocycles. The van der Waals surface area contributed by atoms with Gasteiger partial charge in [0, 0.05) is 0 Å². The average Bonchev–Trinajstić information content (AvgIpc) is 2.44. The number of carbonyl (C=O) groups excluding carboxylic acids is 1. The van der Waals surface area contributed by atoms with Gasteiger partial charge in [0.2, 0.25) is 0 Å². The van der Waals surface area contributed by atoms with E-state index in [0.717, 1.165) is 16.9 Å². The Morgan fingerprint density at radius 3 is 2.50 bits per heavy atom. The van der Waals surface area contributed by atoms with Crippen molar-refractivity contribution in [3.8, 4) is 5.75 Å². The fourth-order valence-corrected chi connectivity index (χ4v) is 2.08. The topological polar surface area (TPSA) is 26.3 Å². The smallest absolute Gasteiger partial charge is 0.163 e. The SMILES string of the molecule is CC.CCCCC(C)COc1cccc(C)c1C(C)=O. The first-order valence-corrected chi connectivity index (χ1v) is 7.79. The van der Waals surface area contributed by atoms with Crippen LogP contribution in [0.3, 0.4) is 0 Å². The normalized spacial score (nSPS) is 11.3. The Morgan fingerprint density at radius 1 is 1.30 bits per heavy atom. The first-order chi connectivity index (χ1) is 9.56. The van der Waals surface area contributed by atoms with Gasteiger partial charge in [-0.25, -0.2) is 0 Å². The number of Topliss-reactive ketones (excluding diaryl/α,β-unsaturated/α-hetero) is 1. The Kier molecular flexibility index (Phi) is 9.79. The molecular formula is C18H30O2. The van der Waals surface area contributed by atoms with Crippen molar-refractivity contribution in [3.05, 3.63) is 29.3 Å². The minimum Gasteiger partial charge on any atom is -0.493 e. The number of aryl methyl sites for hydroxylation is 1. The predicted octanol–water partition coefficient (Wildman–Crippen LogP) is 5.43. The molecule has 1 aromatic rings. The van der Waals surface area contributed by atoms with Gasteiger partial charge in [-0.15, -0.1) is 0 Å². The molecule has 0 spiro atoms. The number of carbonyl (C=O) groups is 1. The predicted molar refractivity (Wildman–Crippen MR) is 86.7 cm³/mol. The summed E-state index contributed by atoms with van der Waals surface area (Å²) in [6.45, 7) is 12.6. The van der Waals surface area contributed by atoms with Crippen LogP contribution >= 0.6 is 0 Å². The highest BCUT2D eigenvalue weighted by atomic mass is 16.5. The van der Waals surface area contributed by atoms with Gasteiger partial charge in [0.1, 0.15) is 5.75 Å². The van der Waals surface area contributed by atoms with Gasteiger partial charge < -0.3 is 4.74 Å². The van der Waals surface area contributed by atoms with E-state index in [9.17, 15) is 4.79 Å². The summed E-state index contributed by atoms with van der Waals surface area (Å²) in [5, 5.41) is 0. The molecule has 2 heteroatoms. The van der Waals surface area contributed by atoms with Gasteiger partial charge >= 0.3 is 0 Å². The van der Waals surface area contributed by atoms with Gasteiger partial charge in [-0.05, 0) is 37.8 Å². The molecule has 1 rings (SSSR count). The minimum atomic E-state index is 0.0734. The molecule has 2 nitrogen and oxygen atoms in total. The van der Waals surface area contributed by atoms with E-state index in [2.05, 4.69) is 13.8 Å². The summed E-state index contributed by atoms with van der Waals surface area (Å²) in [7, 11) is 0. The fraction of sp³-hybridized carbons (Fsp3) is 0.611. The highest BCUT2D eigenvalue weighted by Crippen LogP contribution is 2.23. The number of benzene rings is 1. The maximum Gasteiger partial charge on any atom is 0.163 e. The molecule has 0 N–H and O–H groups in total. The van der Waals surface area contributed by atoms with Crippen molar-refractivity contribution >= 4 is 5.78 Å². The maximum absolute atomic E-state index is 11.6. The van der Waals surface area contributed by atoms with Crippen LogP contribution in [-0.4, -0.2) is 12.4 Å². The highest BCUT2D eigenvalue weighted by Gasteiger charge is 2.12. The van der Waals surface area contributed by atoms with Gasteiger partial charge in [0.15, 0.2) is 5.78 Å². The Bertz CT molecular complexity index is 396. The van der Waals surface area contributed by atoms with Crippen molar-refractivity contribution in [2.75, 3.05) is 6.61 Å². The van der Waals surface area contributed by atoms with Crippen LogP contribution in [-0.2, 0) is 0 Å². The molecule has 0 aromatic heterocycles. The number of rotatable bonds is 7. The lowest BCUT2D eigenvalue weighted by Crippen LogP contribution is -2.11. The number of hydrogen-bond acceptors (Lipinski definition) is 2. The largest absolute Gasteiger partial charge is 0.493 e. The standard InChI is InChI=1S/C16H24O2.C2H6/c1-5-6-8-12(2)11-18-15-10-7-9-13(3)16(15)14(4)17;1-2/h7,9-10,12H,5-6,8,11H2,1-4H3;1-2H3. The molecule has 1 unspecified atom stereocenters. The number of ether oxygens (including phenoxy) is 1. The molecule has 0 saturated heterocycles. The second-order valence-electron chi connectivity index (χ2n) is 5.06. The van der Waals surface area contributed by atoms with Crippen molar-refractivity contribution < 1.29 is 9.53 Å². The number of unbranched alkanes of at least 4 members (excludes halogenated alkanes) is 1. The van der Waals surface area contributed by atoms with Crippen molar-refractivity contribution in [3.63, 3.8) is 0 Å². The van der Waals surface area contributed by atoms with E-state index < -0.39 is 0 Å². The molecule has 0 radical (unpaired) electrons. The van der Waals surface area contributed by atoms with Gasteiger partial charge in [0.05, 0.1) is 12.2 Å². The van der Waals surface area contributed by atoms with Crippen LogP contribution in [0.2, 0.25) is 0 Å². The van der Waals surface area contributed by atoms with Crippen LogP contribution in [0.25, 0.3) is 0 Å². The van der Waals surface area contributed by atoms with E-state index in [-0.39, 0.29) is 5.78 Å². The number of ketones is 1. The van der Waals surface area contributed by atoms with Crippen molar-refractivity contribution in [2.45, 2.75) is 60.8 Å². The first-order valence-electron chi connectivity index (χ1n) is 7.79. The van der Waals surface area contributed by atoms with Crippen molar-refractivity contribution in [2.24, 2.45) is 5.92 Å². The lowest BCUT2D eigenvalue weighted by atomic mass is 10.0. The third-order valence-electron chi connectivity index (χ3n) is 3.16.